The highest BCUT2D eigenvalue weighted by Crippen LogP contribution is 2.21. The van der Waals surface area contributed by atoms with Crippen molar-refractivity contribution < 1.29 is 0 Å². The van der Waals surface area contributed by atoms with Gasteiger partial charge in [-0.05, 0) is 25.2 Å². The standard InChI is InChI=1S/C12H26BrN/c1-10(2)7-14(11(3)4)9-12(5,6)8-13/h10-11H,7-9H2,1-6H3. The number of hydrogen-bond donors (Lipinski definition) is 0. The second-order valence-corrected chi connectivity index (χ2v) is 6.28. The fourth-order valence-electron chi connectivity index (χ4n) is 1.52. The summed E-state index contributed by atoms with van der Waals surface area (Å²) in [4.78, 5) is 2.58. The van der Waals surface area contributed by atoms with Crippen LogP contribution in [-0.4, -0.2) is 29.4 Å². The van der Waals surface area contributed by atoms with E-state index in [9.17, 15) is 0 Å². The van der Waals surface area contributed by atoms with E-state index in [1.807, 2.05) is 0 Å². The van der Waals surface area contributed by atoms with Gasteiger partial charge < -0.3 is 4.90 Å². The van der Waals surface area contributed by atoms with Crippen LogP contribution in [0.25, 0.3) is 0 Å². The van der Waals surface area contributed by atoms with Crippen molar-refractivity contribution in [2.75, 3.05) is 18.4 Å². The van der Waals surface area contributed by atoms with Crippen LogP contribution in [0.4, 0.5) is 0 Å². The van der Waals surface area contributed by atoms with Crippen LogP contribution in [-0.2, 0) is 0 Å². The van der Waals surface area contributed by atoms with Crippen LogP contribution < -0.4 is 0 Å². The largest absolute Gasteiger partial charge is 0.300 e. The summed E-state index contributed by atoms with van der Waals surface area (Å²) in [6.07, 6.45) is 0. The Bertz CT molecular complexity index is 152. The lowest BCUT2D eigenvalue weighted by Gasteiger charge is -2.35. The average Bonchev–Trinajstić information content (AvgIpc) is 2.02. The molecule has 0 spiro atoms. The molecule has 14 heavy (non-hydrogen) atoms. The van der Waals surface area contributed by atoms with E-state index in [0.29, 0.717) is 11.5 Å². The minimum absolute atomic E-state index is 0.374. The summed E-state index contributed by atoms with van der Waals surface area (Å²) in [5.74, 6) is 0.753. The Labute approximate surface area is 98.4 Å². The molecule has 0 aromatic rings. The molecule has 0 aromatic heterocycles. The highest BCUT2D eigenvalue weighted by Gasteiger charge is 2.22. The lowest BCUT2D eigenvalue weighted by atomic mass is 9.95. The fourth-order valence-corrected chi connectivity index (χ4v) is 1.70. The maximum Gasteiger partial charge on any atom is 0.00949 e. The van der Waals surface area contributed by atoms with Gasteiger partial charge in [0, 0.05) is 24.5 Å². The van der Waals surface area contributed by atoms with Gasteiger partial charge in [-0.3, -0.25) is 0 Å². The summed E-state index contributed by atoms with van der Waals surface area (Å²) in [6, 6.07) is 0.649. The van der Waals surface area contributed by atoms with Gasteiger partial charge in [-0.2, -0.15) is 0 Å². The summed E-state index contributed by atoms with van der Waals surface area (Å²) >= 11 is 3.59. The fraction of sp³-hybridized carbons (Fsp3) is 1.00. The smallest absolute Gasteiger partial charge is 0.00949 e. The molecular formula is C12H26BrN. The van der Waals surface area contributed by atoms with E-state index >= 15 is 0 Å². The van der Waals surface area contributed by atoms with Crippen molar-refractivity contribution >= 4 is 15.9 Å². The molecule has 0 saturated carbocycles. The third kappa shape index (κ3) is 6.02. The van der Waals surface area contributed by atoms with Gasteiger partial charge in [-0.1, -0.05) is 43.6 Å². The molecule has 0 fully saturated rings. The predicted octanol–water partition coefficient (Wildman–Crippen LogP) is 3.77. The normalized spacial score (nSPS) is 13.3. The van der Waals surface area contributed by atoms with E-state index in [1.165, 1.54) is 13.1 Å². The molecule has 0 atom stereocenters. The number of rotatable bonds is 6. The first-order chi connectivity index (χ1) is 6.28. The first-order valence-electron chi connectivity index (χ1n) is 5.58. The first-order valence-corrected chi connectivity index (χ1v) is 6.70. The molecule has 1 nitrogen and oxygen atoms in total. The Morgan fingerprint density at radius 2 is 1.64 bits per heavy atom. The van der Waals surface area contributed by atoms with E-state index in [1.54, 1.807) is 0 Å². The van der Waals surface area contributed by atoms with Crippen molar-refractivity contribution in [2.24, 2.45) is 11.3 Å². The van der Waals surface area contributed by atoms with Crippen LogP contribution >= 0.6 is 15.9 Å². The van der Waals surface area contributed by atoms with Crippen molar-refractivity contribution in [2.45, 2.75) is 47.6 Å². The molecule has 86 valence electrons. The van der Waals surface area contributed by atoms with Gasteiger partial charge in [0.2, 0.25) is 0 Å². The molecule has 0 saturated heterocycles. The summed E-state index contributed by atoms with van der Waals surface area (Å²) in [5.41, 5.74) is 0.374. The maximum absolute atomic E-state index is 3.59. The average molecular weight is 264 g/mol. The molecule has 0 rings (SSSR count). The molecule has 0 heterocycles. The minimum Gasteiger partial charge on any atom is -0.300 e. The van der Waals surface area contributed by atoms with E-state index in [2.05, 4.69) is 62.4 Å². The van der Waals surface area contributed by atoms with E-state index in [0.717, 1.165) is 11.2 Å². The molecule has 0 aliphatic rings. The molecule has 0 N–H and O–H groups in total. The van der Waals surface area contributed by atoms with Gasteiger partial charge >= 0.3 is 0 Å². The molecule has 0 radical (unpaired) electrons. The van der Waals surface area contributed by atoms with Crippen LogP contribution in [0.2, 0.25) is 0 Å². The first kappa shape index (κ1) is 14.4. The molecule has 0 amide bonds. The number of alkyl halides is 1. The Morgan fingerprint density at radius 3 is 1.93 bits per heavy atom. The lowest BCUT2D eigenvalue weighted by molar-refractivity contribution is 0.142. The summed E-state index contributed by atoms with van der Waals surface area (Å²) in [6.45, 7) is 16.2. The molecule has 0 unspecified atom stereocenters. The predicted molar refractivity (Wildman–Crippen MR) is 69.1 cm³/mol. The number of halogens is 1. The van der Waals surface area contributed by atoms with Crippen molar-refractivity contribution in [3.05, 3.63) is 0 Å². The highest BCUT2D eigenvalue weighted by atomic mass is 79.9. The topological polar surface area (TPSA) is 3.24 Å². The third-order valence-electron chi connectivity index (χ3n) is 2.32. The summed E-state index contributed by atoms with van der Waals surface area (Å²) < 4.78 is 0. The Morgan fingerprint density at radius 1 is 1.14 bits per heavy atom. The molecule has 2 heteroatoms. The van der Waals surface area contributed by atoms with Gasteiger partial charge in [0.05, 0.1) is 0 Å². The van der Waals surface area contributed by atoms with E-state index < -0.39 is 0 Å². The lowest BCUT2D eigenvalue weighted by Crippen LogP contribution is -2.41. The van der Waals surface area contributed by atoms with Gasteiger partial charge in [-0.15, -0.1) is 0 Å². The van der Waals surface area contributed by atoms with Gasteiger partial charge in [0.1, 0.15) is 0 Å². The second-order valence-electron chi connectivity index (χ2n) is 5.71. The number of hydrogen-bond acceptors (Lipinski definition) is 1. The van der Waals surface area contributed by atoms with E-state index in [-0.39, 0.29) is 0 Å². The van der Waals surface area contributed by atoms with Crippen molar-refractivity contribution in [3.8, 4) is 0 Å². The summed E-state index contributed by atoms with van der Waals surface area (Å²) in [5, 5.41) is 1.07. The minimum atomic E-state index is 0.374. The molecule has 0 aromatic carbocycles. The van der Waals surface area contributed by atoms with Gasteiger partial charge in [-0.25, -0.2) is 0 Å². The van der Waals surface area contributed by atoms with Crippen LogP contribution in [0.15, 0.2) is 0 Å². The zero-order valence-electron chi connectivity index (χ0n) is 10.6. The molecule has 0 bridgehead atoms. The molecular weight excluding hydrogens is 238 g/mol. The molecule has 0 aliphatic heterocycles. The Kier molecular flexibility index (Phi) is 6.31. The van der Waals surface area contributed by atoms with Crippen molar-refractivity contribution in [1.29, 1.82) is 0 Å². The molecule has 0 aliphatic carbocycles. The zero-order valence-corrected chi connectivity index (χ0v) is 12.2. The maximum atomic E-state index is 3.59. The highest BCUT2D eigenvalue weighted by molar-refractivity contribution is 9.09. The van der Waals surface area contributed by atoms with E-state index in [4.69, 9.17) is 0 Å². The van der Waals surface area contributed by atoms with Gasteiger partial charge in [0.25, 0.3) is 0 Å². The van der Waals surface area contributed by atoms with Crippen molar-refractivity contribution in [3.63, 3.8) is 0 Å². The summed E-state index contributed by atoms with van der Waals surface area (Å²) in [7, 11) is 0. The van der Waals surface area contributed by atoms with Crippen LogP contribution in [0.5, 0.6) is 0 Å². The third-order valence-corrected chi connectivity index (χ3v) is 3.84. The van der Waals surface area contributed by atoms with Gasteiger partial charge in [0.15, 0.2) is 0 Å². The number of nitrogens with zero attached hydrogens (tertiary/aromatic N) is 1. The monoisotopic (exact) mass is 263 g/mol. The SMILES string of the molecule is CC(C)CN(CC(C)(C)CBr)C(C)C. The second kappa shape index (κ2) is 6.12. The Balaban J connectivity index is 4.23. The van der Waals surface area contributed by atoms with Crippen LogP contribution in [0, 0.1) is 11.3 Å². The van der Waals surface area contributed by atoms with Crippen LogP contribution in [0.1, 0.15) is 41.5 Å². The van der Waals surface area contributed by atoms with Crippen molar-refractivity contribution in [1.82, 2.24) is 4.90 Å². The van der Waals surface area contributed by atoms with Crippen LogP contribution in [0.3, 0.4) is 0 Å². The quantitative estimate of drug-likeness (QED) is 0.660. The zero-order chi connectivity index (χ0) is 11.4. The Hall–Kier alpha value is 0.440.